The van der Waals surface area contributed by atoms with E-state index >= 15 is 0 Å². The van der Waals surface area contributed by atoms with Crippen molar-refractivity contribution in [2.75, 3.05) is 27.2 Å². The molecule has 0 saturated carbocycles. The zero-order chi connectivity index (χ0) is 19.0. The Labute approximate surface area is 149 Å². The molecule has 1 aromatic carbocycles. The van der Waals surface area contributed by atoms with Gasteiger partial charge in [0.2, 0.25) is 5.91 Å². The number of amides is 1. The number of hydrogen-bond donors (Lipinski definition) is 2. The average Bonchev–Trinajstić information content (AvgIpc) is 2.45. The Bertz CT molecular complexity index is 599. The largest absolute Gasteiger partial charge is 0.489 e. The van der Waals surface area contributed by atoms with E-state index in [-0.39, 0.29) is 29.9 Å². The number of carbonyl (C=O) groups is 1. The van der Waals surface area contributed by atoms with E-state index < -0.39 is 0 Å². The molecule has 0 spiro atoms. The number of likely N-dealkylation sites (N-methyl/N-ethyl adjacent to an activating group) is 1. The number of benzene rings is 1. The van der Waals surface area contributed by atoms with Crippen molar-refractivity contribution in [2.24, 2.45) is 4.99 Å². The van der Waals surface area contributed by atoms with Crippen molar-refractivity contribution in [3.8, 4) is 5.75 Å². The maximum atomic E-state index is 13.2. The van der Waals surface area contributed by atoms with Crippen LogP contribution in [0.5, 0.6) is 5.75 Å². The van der Waals surface area contributed by atoms with Gasteiger partial charge in [-0.25, -0.2) is 4.39 Å². The van der Waals surface area contributed by atoms with E-state index in [2.05, 4.69) is 15.6 Å². The quantitative estimate of drug-likeness (QED) is 0.607. The van der Waals surface area contributed by atoms with E-state index in [1.165, 1.54) is 12.1 Å². The Morgan fingerprint density at radius 2 is 2.08 bits per heavy atom. The summed E-state index contributed by atoms with van der Waals surface area (Å²) in [6.45, 7) is 8.33. The second-order valence-electron chi connectivity index (χ2n) is 6.97. The number of ether oxygens (including phenoxy) is 1. The Morgan fingerprint density at radius 1 is 1.40 bits per heavy atom. The molecule has 0 aliphatic heterocycles. The van der Waals surface area contributed by atoms with E-state index in [9.17, 15) is 9.18 Å². The molecule has 1 amide bonds. The number of hydrogen-bond acceptors (Lipinski definition) is 3. The number of aliphatic imine (C=N–C) groups is 1. The van der Waals surface area contributed by atoms with Crippen molar-refractivity contribution >= 4 is 11.9 Å². The van der Waals surface area contributed by atoms with Gasteiger partial charge in [-0.05, 0) is 39.8 Å². The number of halogens is 1. The minimum atomic E-state index is -0.335. The SMILES string of the molecule is CN=C(NCC(C)Oc1cccc(F)c1)N(C)CC(=O)NC(C)(C)C. The van der Waals surface area contributed by atoms with Crippen LogP contribution in [-0.2, 0) is 4.79 Å². The van der Waals surface area contributed by atoms with Gasteiger partial charge in [0.1, 0.15) is 17.7 Å². The van der Waals surface area contributed by atoms with Crippen LogP contribution in [0.15, 0.2) is 29.3 Å². The lowest BCUT2D eigenvalue weighted by molar-refractivity contribution is -0.122. The van der Waals surface area contributed by atoms with Crippen LogP contribution in [0.2, 0.25) is 0 Å². The zero-order valence-electron chi connectivity index (χ0n) is 15.9. The summed E-state index contributed by atoms with van der Waals surface area (Å²) >= 11 is 0. The van der Waals surface area contributed by atoms with Gasteiger partial charge >= 0.3 is 0 Å². The Hall–Kier alpha value is -2.31. The summed E-state index contributed by atoms with van der Waals surface area (Å²) in [6.07, 6.45) is -0.199. The molecule has 1 unspecified atom stereocenters. The van der Waals surface area contributed by atoms with Crippen molar-refractivity contribution < 1.29 is 13.9 Å². The highest BCUT2D eigenvalue weighted by molar-refractivity contribution is 5.86. The molecule has 7 heteroatoms. The molecule has 1 atom stereocenters. The summed E-state index contributed by atoms with van der Waals surface area (Å²) in [6, 6.07) is 6.02. The average molecular weight is 352 g/mol. The zero-order valence-corrected chi connectivity index (χ0v) is 15.9. The van der Waals surface area contributed by atoms with Gasteiger partial charge < -0.3 is 20.3 Å². The molecule has 1 rings (SSSR count). The number of carbonyl (C=O) groups excluding carboxylic acids is 1. The molecule has 0 heterocycles. The van der Waals surface area contributed by atoms with Gasteiger partial charge in [0, 0.05) is 25.7 Å². The topological polar surface area (TPSA) is 66.0 Å². The highest BCUT2D eigenvalue weighted by Crippen LogP contribution is 2.13. The van der Waals surface area contributed by atoms with Gasteiger partial charge in [-0.1, -0.05) is 6.07 Å². The molecule has 6 nitrogen and oxygen atoms in total. The normalized spacial score (nSPS) is 13.2. The van der Waals surface area contributed by atoms with Gasteiger partial charge in [-0.15, -0.1) is 0 Å². The first-order valence-electron chi connectivity index (χ1n) is 8.25. The van der Waals surface area contributed by atoms with Crippen molar-refractivity contribution in [1.29, 1.82) is 0 Å². The van der Waals surface area contributed by atoms with Gasteiger partial charge in [0.25, 0.3) is 0 Å². The fourth-order valence-electron chi connectivity index (χ4n) is 2.18. The van der Waals surface area contributed by atoms with Crippen LogP contribution in [0.1, 0.15) is 27.7 Å². The van der Waals surface area contributed by atoms with Crippen LogP contribution >= 0.6 is 0 Å². The molecular formula is C18H29FN4O2. The number of nitrogens with one attached hydrogen (secondary N) is 2. The Balaban J connectivity index is 2.48. The first kappa shape index (κ1) is 20.7. The third-order valence-corrected chi connectivity index (χ3v) is 3.15. The van der Waals surface area contributed by atoms with Crippen LogP contribution in [0, 0.1) is 5.82 Å². The third-order valence-electron chi connectivity index (χ3n) is 3.15. The molecule has 0 aliphatic carbocycles. The molecule has 0 radical (unpaired) electrons. The lowest BCUT2D eigenvalue weighted by Crippen LogP contribution is -2.49. The predicted octanol–water partition coefficient (Wildman–Crippen LogP) is 2.01. The van der Waals surface area contributed by atoms with Gasteiger partial charge in [0.15, 0.2) is 5.96 Å². The van der Waals surface area contributed by atoms with Crippen LogP contribution in [0.3, 0.4) is 0 Å². The maximum absolute atomic E-state index is 13.2. The Morgan fingerprint density at radius 3 is 2.64 bits per heavy atom. The third kappa shape index (κ3) is 8.37. The Kier molecular flexibility index (Phi) is 7.67. The standard InChI is InChI=1S/C18H29FN4O2/c1-13(25-15-9-7-8-14(19)10-15)11-21-17(20-5)23(6)12-16(24)22-18(2,3)4/h7-10,13H,11-12H2,1-6H3,(H,20,21)(H,22,24). The van der Waals surface area contributed by atoms with Crippen molar-refractivity contribution in [1.82, 2.24) is 15.5 Å². The maximum Gasteiger partial charge on any atom is 0.240 e. The van der Waals surface area contributed by atoms with Crippen molar-refractivity contribution in [3.63, 3.8) is 0 Å². The highest BCUT2D eigenvalue weighted by Gasteiger charge is 2.17. The van der Waals surface area contributed by atoms with E-state index in [1.807, 2.05) is 27.7 Å². The summed E-state index contributed by atoms with van der Waals surface area (Å²) < 4.78 is 18.8. The summed E-state index contributed by atoms with van der Waals surface area (Å²) in [4.78, 5) is 17.9. The second kappa shape index (κ2) is 9.25. The van der Waals surface area contributed by atoms with Crippen LogP contribution in [-0.4, -0.2) is 55.6 Å². The van der Waals surface area contributed by atoms with E-state index in [4.69, 9.17) is 4.74 Å². The molecule has 1 aromatic rings. The molecule has 0 fully saturated rings. The summed E-state index contributed by atoms with van der Waals surface area (Å²) in [5.41, 5.74) is -0.276. The van der Waals surface area contributed by atoms with Gasteiger partial charge in [-0.2, -0.15) is 0 Å². The van der Waals surface area contributed by atoms with E-state index in [1.54, 1.807) is 31.1 Å². The predicted molar refractivity (Wildman–Crippen MR) is 98.4 cm³/mol. The summed E-state index contributed by atoms with van der Waals surface area (Å²) in [7, 11) is 3.44. The van der Waals surface area contributed by atoms with Crippen molar-refractivity contribution in [2.45, 2.75) is 39.3 Å². The fraction of sp³-hybridized carbons (Fsp3) is 0.556. The smallest absolute Gasteiger partial charge is 0.240 e. The summed E-state index contributed by atoms with van der Waals surface area (Å²) in [5.74, 6) is 0.640. The molecule has 0 aromatic heterocycles. The molecule has 25 heavy (non-hydrogen) atoms. The minimum Gasteiger partial charge on any atom is -0.489 e. The lowest BCUT2D eigenvalue weighted by atomic mass is 10.1. The first-order chi connectivity index (χ1) is 11.6. The molecule has 140 valence electrons. The monoisotopic (exact) mass is 352 g/mol. The van der Waals surface area contributed by atoms with E-state index in [0.717, 1.165) is 0 Å². The van der Waals surface area contributed by atoms with Crippen LogP contribution < -0.4 is 15.4 Å². The van der Waals surface area contributed by atoms with E-state index in [0.29, 0.717) is 18.3 Å². The molecular weight excluding hydrogens is 323 g/mol. The highest BCUT2D eigenvalue weighted by atomic mass is 19.1. The minimum absolute atomic E-state index is 0.0815. The molecule has 0 saturated heterocycles. The lowest BCUT2D eigenvalue weighted by Gasteiger charge is -2.26. The van der Waals surface area contributed by atoms with Crippen molar-refractivity contribution in [3.05, 3.63) is 30.1 Å². The summed E-state index contributed by atoms with van der Waals surface area (Å²) in [5, 5.41) is 6.06. The first-order valence-corrected chi connectivity index (χ1v) is 8.25. The number of nitrogens with zero attached hydrogens (tertiary/aromatic N) is 2. The van der Waals surface area contributed by atoms with Gasteiger partial charge in [-0.3, -0.25) is 9.79 Å². The second-order valence-corrected chi connectivity index (χ2v) is 6.97. The van der Waals surface area contributed by atoms with Crippen LogP contribution in [0.4, 0.5) is 4.39 Å². The molecule has 0 aliphatic rings. The molecule has 0 bridgehead atoms. The molecule has 2 N–H and O–H groups in total. The van der Waals surface area contributed by atoms with Crippen LogP contribution in [0.25, 0.3) is 0 Å². The fourth-order valence-corrected chi connectivity index (χ4v) is 2.18. The van der Waals surface area contributed by atoms with Gasteiger partial charge in [0.05, 0.1) is 13.1 Å². The number of rotatable bonds is 6. The number of guanidine groups is 1.